The van der Waals surface area contributed by atoms with Crippen LogP contribution in [0.25, 0.3) is 0 Å². The van der Waals surface area contributed by atoms with Gasteiger partial charge in [-0.3, -0.25) is 5.10 Å². The predicted octanol–water partition coefficient (Wildman–Crippen LogP) is 3.53. The smallest absolute Gasteiger partial charge is 0.0579 e. The molecule has 1 aromatic rings. The van der Waals surface area contributed by atoms with Crippen molar-refractivity contribution in [3.63, 3.8) is 0 Å². The van der Waals surface area contributed by atoms with E-state index >= 15 is 0 Å². The van der Waals surface area contributed by atoms with E-state index in [9.17, 15) is 0 Å². The highest BCUT2D eigenvalue weighted by Gasteiger charge is 1.96. The van der Waals surface area contributed by atoms with Crippen LogP contribution in [0.5, 0.6) is 0 Å². The van der Waals surface area contributed by atoms with E-state index in [1.807, 2.05) is 6.92 Å². The van der Waals surface area contributed by atoms with Crippen LogP contribution in [-0.4, -0.2) is 10.2 Å². The Balaban J connectivity index is 3.29. The fourth-order valence-electron chi connectivity index (χ4n) is 1.35. The lowest BCUT2D eigenvalue weighted by Crippen LogP contribution is -1.88. The zero-order chi connectivity index (χ0) is 11.3. The number of nitrogens with zero attached hydrogens (tertiary/aromatic N) is 1. The maximum atomic E-state index is 4.31. The van der Waals surface area contributed by atoms with Crippen molar-refractivity contribution in [1.82, 2.24) is 10.2 Å². The zero-order valence-corrected chi connectivity index (χ0v) is 10.0. The maximum Gasteiger partial charge on any atom is 0.0579 e. The Hall–Kier alpha value is -1.31. The van der Waals surface area contributed by atoms with Crippen molar-refractivity contribution in [2.45, 2.75) is 40.0 Å². The third kappa shape index (κ3) is 3.74. The predicted molar refractivity (Wildman–Crippen MR) is 64.4 cm³/mol. The summed E-state index contributed by atoms with van der Waals surface area (Å²) in [5.74, 6) is 0.531. The van der Waals surface area contributed by atoms with Crippen LogP contribution in [0.15, 0.2) is 24.3 Å². The molecule has 0 amide bonds. The summed E-state index contributed by atoms with van der Waals surface area (Å²) in [7, 11) is 0. The van der Waals surface area contributed by atoms with Gasteiger partial charge in [0.1, 0.15) is 0 Å². The fraction of sp³-hybridized carbons (Fsp3) is 0.462. The van der Waals surface area contributed by atoms with Crippen molar-refractivity contribution in [2.24, 2.45) is 0 Å². The van der Waals surface area contributed by atoms with Gasteiger partial charge in [0.2, 0.25) is 0 Å². The van der Waals surface area contributed by atoms with Crippen LogP contribution < -0.4 is 0 Å². The van der Waals surface area contributed by atoms with Gasteiger partial charge in [0.15, 0.2) is 0 Å². The third-order valence-electron chi connectivity index (χ3n) is 2.39. The molecule has 1 N–H and O–H groups in total. The van der Waals surface area contributed by atoms with Crippen molar-refractivity contribution in [3.05, 3.63) is 41.2 Å². The minimum atomic E-state index is 0.531. The molecule has 15 heavy (non-hydrogen) atoms. The average molecular weight is 204 g/mol. The van der Waals surface area contributed by atoms with Gasteiger partial charge in [-0.05, 0) is 37.0 Å². The molecule has 0 unspecified atom stereocenters. The average Bonchev–Trinajstić information content (AvgIpc) is 2.28. The molecule has 0 aliphatic heterocycles. The Labute approximate surface area is 92.1 Å². The summed E-state index contributed by atoms with van der Waals surface area (Å²) in [6.07, 6.45) is 0.970. The Morgan fingerprint density at radius 1 is 1.33 bits per heavy atom. The SMILES string of the molecule is CCc1cccc(C(C)C)cc(C)n[nH]1. The normalized spacial score (nSPS) is 10.2. The van der Waals surface area contributed by atoms with Gasteiger partial charge in [-0.1, -0.05) is 32.9 Å². The number of rotatable bonds is 2. The van der Waals surface area contributed by atoms with E-state index in [1.54, 1.807) is 0 Å². The number of nitrogens with one attached hydrogen (secondary N) is 1. The summed E-state index contributed by atoms with van der Waals surface area (Å²) < 4.78 is 0. The number of hydrogen-bond donors (Lipinski definition) is 1. The van der Waals surface area contributed by atoms with Gasteiger partial charge in [-0.15, -0.1) is 0 Å². The second-order valence-electron chi connectivity index (χ2n) is 4.07. The van der Waals surface area contributed by atoms with Gasteiger partial charge in [0.25, 0.3) is 0 Å². The first-order valence-electron chi connectivity index (χ1n) is 5.52. The molecule has 1 aromatic heterocycles. The maximum absolute atomic E-state index is 4.31. The summed E-state index contributed by atoms with van der Waals surface area (Å²) in [4.78, 5) is 0. The highest BCUT2D eigenvalue weighted by atomic mass is 15.1. The lowest BCUT2D eigenvalue weighted by atomic mass is 10.0. The van der Waals surface area contributed by atoms with Crippen molar-refractivity contribution in [3.8, 4) is 0 Å². The van der Waals surface area contributed by atoms with Gasteiger partial charge >= 0.3 is 0 Å². The molecule has 1 heterocycles. The number of aromatic amines is 1. The third-order valence-corrected chi connectivity index (χ3v) is 2.39. The van der Waals surface area contributed by atoms with E-state index in [2.05, 4.69) is 55.2 Å². The molecular formula is C13H20N2. The number of aryl methyl sites for hydroxylation is 2. The van der Waals surface area contributed by atoms with Crippen molar-refractivity contribution in [2.75, 3.05) is 0 Å². The molecule has 82 valence electrons. The van der Waals surface area contributed by atoms with Crippen LogP contribution in [0, 0.1) is 6.92 Å². The topological polar surface area (TPSA) is 28.7 Å². The molecule has 1 rings (SSSR count). The molecule has 0 saturated carbocycles. The monoisotopic (exact) mass is 204 g/mol. The molecule has 0 aliphatic carbocycles. The molecule has 0 fully saturated rings. The zero-order valence-electron chi connectivity index (χ0n) is 10.0. The van der Waals surface area contributed by atoms with Crippen LogP contribution in [0.4, 0.5) is 0 Å². The second-order valence-corrected chi connectivity index (χ2v) is 4.07. The molecule has 0 bridgehead atoms. The van der Waals surface area contributed by atoms with E-state index < -0.39 is 0 Å². The van der Waals surface area contributed by atoms with E-state index in [-0.39, 0.29) is 0 Å². The summed E-state index contributed by atoms with van der Waals surface area (Å²) in [5, 5.41) is 7.38. The van der Waals surface area contributed by atoms with E-state index in [4.69, 9.17) is 0 Å². The van der Waals surface area contributed by atoms with E-state index in [0.29, 0.717) is 5.92 Å². The molecule has 0 radical (unpaired) electrons. The van der Waals surface area contributed by atoms with Gasteiger partial charge in [-0.2, -0.15) is 5.10 Å². The van der Waals surface area contributed by atoms with E-state index in [1.165, 1.54) is 5.56 Å². The summed E-state index contributed by atoms with van der Waals surface area (Å²) in [6.45, 7) is 8.52. The lowest BCUT2D eigenvalue weighted by Gasteiger charge is -2.01. The van der Waals surface area contributed by atoms with E-state index in [0.717, 1.165) is 17.8 Å². The molecular weight excluding hydrogens is 184 g/mol. The number of H-pyrrole nitrogens is 1. The lowest BCUT2D eigenvalue weighted by molar-refractivity contribution is 0.860. The first-order chi connectivity index (χ1) is 7.13. The summed E-state index contributed by atoms with van der Waals surface area (Å²) in [5.41, 5.74) is 3.47. The summed E-state index contributed by atoms with van der Waals surface area (Å²) >= 11 is 0. The van der Waals surface area contributed by atoms with Gasteiger partial charge < -0.3 is 0 Å². The van der Waals surface area contributed by atoms with Crippen molar-refractivity contribution < 1.29 is 0 Å². The van der Waals surface area contributed by atoms with Crippen LogP contribution in [0.1, 0.15) is 43.6 Å². The molecule has 2 nitrogen and oxygen atoms in total. The number of aromatic nitrogens is 2. The number of hydrogen-bond acceptors (Lipinski definition) is 1. The minimum absolute atomic E-state index is 0.531. The van der Waals surface area contributed by atoms with Gasteiger partial charge in [0.05, 0.1) is 5.69 Å². The Kier molecular flexibility index (Phi) is 4.35. The van der Waals surface area contributed by atoms with Crippen LogP contribution in [-0.2, 0) is 6.42 Å². The van der Waals surface area contributed by atoms with Gasteiger partial charge in [-0.25, -0.2) is 0 Å². The van der Waals surface area contributed by atoms with Gasteiger partial charge in [0, 0.05) is 5.69 Å². The highest BCUT2D eigenvalue weighted by molar-refractivity contribution is 5.17. The second kappa shape index (κ2) is 5.54. The van der Waals surface area contributed by atoms with Crippen LogP contribution >= 0.6 is 0 Å². The molecule has 0 spiro atoms. The molecule has 0 aromatic carbocycles. The van der Waals surface area contributed by atoms with Crippen molar-refractivity contribution >= 4 is 0 Å². The Bertz CT molecular complexity index is 363. The molecule has 0 aliphatic rings. The molecule has 0 atom stereocenters. The van der Waals surface area contributed by atoms with Crippen LogP contribution in [0.2, 0.25) is 0 Å². The standard InChI is InChI=1S/C13H20N2/c1-5-13-8-6-7-12(10(2)3)9-11(4)14-15-13/h6-10,15H,5H2,1-4H3. The Morgan fingerprint density at radius 3 is 2.67 bits per heavy atom. The molecule has 2 heteroatoms. The first kappa shape index (κ1) is 11.8. The van der Waals surface area contributed by atoms with Crippen molar-refractivity contribution in [1.29, 1.82) is 0 Å². The highest BCUT2D eigenvalue weighted by Crippen LogP contribution is 2.12. The fourth-order valence-corrected chi connectivity index (χ4v) is 1.35. The Morgan fingerprint density at radius 2 is 2.07 bits per heavy atom. The largest absolute Gasteiger partial charge is 0.282 e. The summed E-state index contributed by atoms with van der Waals surface area (Å²) in [6, 6.07) is 8.46. The minimum Gasteiger partial charge on any atom is -0.282 e. The first-order valence-corrected chi connectivity index (χ1v) is 5.52. The van der Waals surface area contributed by atoms with Crippen LogP contribution in [0.3, 0.4) is 0 Å². The molecule has 0 saturated heterocycles. The quantitative estimate of drug-likeness (QED) is 0.784.